The molecule has 0 heterocycles. The van der Waals surface area contributed by atoms with Crippen LogP contribution in [0.4, 0.5) is 0 Å². The molecule has 1 aromatic carbocycles. The maximum absolute atomic E-state index is 5.47. The van der Waals surface area contributed by atoms with E-state index in [4.69, 9.17) is 5.73 Å². The molecule has 2 N–H and O–H groups in total. The van der Waals surface area contributed by atoms with Crippen LogP contribution in [-0.2, 0) is 6.42 Å². The maximum atomic E-state index is 5.47. The van der Waals surface area contributed by atoms with Crippen LogP contribution in [0, 0.1) is 0 Å². The first-order valence-corrected chi connectivity index (χ1v) is 6.27. The summed E-state index contributed by atoms with van der Waals surface area (Å²) in [5, 5.41) is 0. The molecule has 0 aromatic heterocycles. The van der Waals surface area contributed by atoms with E-state index in [1.807, 2.05) is 11.8 Å². The van der Waals surface area contributed by atoms with E-state index in [1.54, 1.807) is 0 Å². The van der Waals surface area contributed by atoms with Crippen LogP contribution >= 0.6 is 11.8 Å². The molecule has 0 unspecified atom stereocenters. The second-order valence-electron chi connectivity index (χ2n) is 3.38. The van der Waals surface area contributed by atoms with Gasteiger partial charge in [-0.3, -0.25) is 0 Å². The fraction of sp³-hybridized carbons (Fsp3) is 0.500. The van der Waals surface area contributed by atoms with Crippen LogP contribution in [0.15, 0.2) is 29.2 Å². The highest BCUT2D eigenvalue weighted by Crippen LogP contribution is 2.19. The number of aryl methyl sites for hydroxylation is 1. The van der Waals surface area contributed by atoms with E-state index >= 15 is 0 Å². The van der Waals surface area contributed by atoms with Gasteiger partial charge in [-0.05, 0) is 49.3 Å². The molecule has 0 radical (unpaired) electrons. The van der Waals surface area contributed by atoms with E-state index in [2.05, 4.69) is 31.2 Å². The van der Waals surface area contributed by atoms with Crippen molar-refractivity contribution < 1.29 is 0 Å². The zero-order chi connectivity index (χ0) is 10.2. The summed E-state index contributed by atoms with van der Waals surface area (Å²) in [6.45, 7) is 2.99. The number of rotatable bonds is 6. The summed E-state index contributed by atoms with van der Waals surface area (Å²) in [5.41, 5.74) is 6.87. The summed E-state index contributed by atoms with van der Waals surface area (Å²) in [6, 6.07) is 8.86. The third kappa shape index (κ3) is 4.16. The lowest BCUT2D eigenvalue weighted by molar-refractivity contribution is 0.832. The van der Waals surface area contributed by atoms with E-state index < -0.39 is 0 Å². The first-order chi connectivity index (χ1) is 6.86. The van der Waals surface area contributed by atoms with Crippen LogP contribution in [0.1, 0.15) is 25.3 Å². The van der Waals surface area contributed by atoms with Gasteiger partial charge in [-0.25, -0.2) is 0 Å². The molecule has 0 bridgehead atoms. The third-order valence-corrected chi connectivity index (χ3v) is 3.28. The fourth-order valence-electron chi connectivity index (χ4n) is 1.28. The lowest BCUT2D eigenvalue weighted by atomic mass is 10.1. The molecule has 0 saturated carbocycles. The molecular weight excluding hydrogens is 190 g/mol. The van der Waals surface area contributed by atoms with Crippen LogP contribution in [0.25, 0.3) is 0 Å². The van der Waals surface area contributed by atoms with Crippen molar-refractivity contribution in [2.75, 3.05) is 12.3 Å². The molecule has 0 aliphatic heterocycles. The Bertz CT molecular complexity index is 216. The molecule has 0 atom stereocenters. The minimum atomic E-state index is 0.784. The predicted molar refractivity (Wildman–Crippen MR) is 64.8 cm³/mol. The quantitative estimate of drug-likeness (QED) is 0.729. The zero-order valence-electron chi connectivity index (χ0n) is 8.83. The normalized spacial score (nSPS) is 10.4. The SMILES string of the molecule is CCCSc1ccc(CCCN)cc1. The predicted octanol–water partition coefficient (Wildman–Crippen LogP) is 3.08. The molecule has 0 spiro atoms. The highest BCUT2D eigenvalue weighted by molar-refractivity contribution is 7.99. The molecule has 2 heteroatoms. The van der Waals surface area contributed by atoms with Crippen molar-refractivity contribution in [1.29, 1.82) is 0 Å². The van der Waals surface area contributed by atoms with Gasteiger partial charge in [0.2, 0.25) is 0 Å². The summed E-state index contributed by atoms with van der Waals surface area (Å²) in [5.74, 6) is 1.21. The molecule has 0 amide bonds. The van der Waals surface area contributed by atoms with Crippen molar-refractivity contribution in [3.8, 4) is 0 Å². The number of hydrogen-bond donors (Lipinski definition) is 1. The van der Waals surface area contributed by atoms with Gasteiger partial charge in [0.15, 0.2) is 0 Å². The number of thioether (sulfide) groups is 1. The molecule has 1 nitrogen and oxygen atoms in total. The Morgan fingerprint density at radius 3 is 2.50 bits per heavy atom. The Balaban J connectivity index is 2.42. The molecule has 78 valence electrons. The summed E-state index contributed by atoms with van der Waals surface area (Å²) in [7, 11) is 0. The first kappa shape index (κ1) is 11.6. The first-order valence-electron chi connectivity index (χ1n) is 5.28. The second kappa shape index (κ2) is 6.91. The Kier molecular flexibility index (Phi) is 5.72. The number of nitrogens with two attached hydrogens (primary N) is 1. The van der Waals surface area contributed by atoms with E-state index in [0.717, 1.165) is 19.4 Å². The van der Waals surface area contributed by atoms with Crippen LogP contribution in [0.2, 0.25) is 0 Å². The Morgan fingerprint density at radius 1 is 1.21 bits per heavy atom. The van der Waals surface area contributed by atoms with Gasteiger partial charge in [-0.1, -0.05) is 19.1 Å². The monoisotopic (exact) mass is 209 g/mol. The van der Waals surface area contributed by atoms with Crippen molar-refractivity contribution in [2.24, 2.45) is 5.73 Å². The van der Waals surface area contributed by atoms with E-state index in [9.17, 15) is 0 Å². The topological polar surface area (TPSA) is 26.0 Å². The summed E-state index contributed by atoms with van der Waals surface area (Å²) in [4.78, 5) is 1.38. The van der Waals surface area contributed by atoms with Gasteiger partial charge in [0.1, 0.15) is 0 Å². The van der Waals surface area contributed by atoms with Crippen molar-refractivity contribution in [3.63, 3.8) is 0 Å². The maximum Gasteiger partial charge on any atom is 0.00721 e. The summed E-state index contributed by atoms with van der Waals surface area (Å²) in [6.07, 6.45) is 3.43. The highest BCUT2D eigenvalue weighted by atomic mass is 32.2. The Hall–Kier alpha value is -0.470. The molecule has 0 aliphatic rings. The van der Waals surface area contributed by atoms with Crippen LogP contribution in [-0.4, -0.2) is 12.3 Å². The zero-order valence-corrected chi connectivity index (χ0v) is 9.65. The van der Waals surface area contributed by atoms with Gasteiger partial charge >= 0.3 is 0 Å². The lowest BCUT2D eigenvalue weighted by Crippen LogP contribution is -2.00. The second-order valence-corrected chi connectivity index (χ2v) is 4.55. The van der Waals surface area contributed by atoms with E-state index in [0.29, 0.717) is 0 Å². The van der Waals surface area contributed by atoms with Crippen molar-refractivity contribution in [1.82, 2.24) is 0 Å². The summed E-state index contributed by atoms with van der Waals surface area (Å²) >= 11 is 1.93. The smallest absolute Gasteiger partial charge is 0.00721 e. The standard InChI is InChI=1S/C12H19NS/c1-2-10-14-12-7-5-11(6-8-12)4-3-9-13/h5-8H,2-4,9-10,13H2,1H3. The molecule has 0 fully saturated rings. The van der Waals surface area contributed by atoms with Gasteiger partial charge in [0.25, 0.3) is 0 Å². The average Bonchev–Trinajstić information content (AvgIpc) is 2.25. The van der Waals surface area contributed by atoms with Crippen LogP contribution in [0.3, 0.4) is 0 Å². The number of benzene rings is 1. The molecular formula is C12H19NS. The Labute approximate surface area is 91.1 Å². The van der Waals surface area contributed by atoms with Crippen LogP contribution < -0.4 is 5.73 Å². The summed E-state index contributed by atoms with van der Waals surface area (Å²) < 4.78 is 0. The largest absolute Gasteiger partial charge is 0.330 e. The fourth-order valence-corrected chi connectivity index (χ4v) is 2.05. The highest BCUT2D eigenvalue weighted by Gasteiger charge is 1.94. The minimum absolute atomic E-state index is 0.784. The van der Waals surface area contributed by atoms with Gasteiger partial charge in [0.05, 0.1) is 0 Å². The van der Waals surface area contributed by atoms with E-state index in [1.165, 1.54) is 22.6 Å². The number of hydrogen-bond acceptors (Lipinski definition) is 2. The average molecular weight is 209 g/mol. The van der Waals surface area contributed by atoms with Gasteiger partial charge in [0, 0.05) is 4.90 Å². The van der Waals surface area contributed by atoms with E-state index in [-0.39, 0.29) is 0 Å². The third-order valence-electron chi connectivity index (χ3n) is 2.07. The van der Waals surface area contributed by atoms with Gasteiger partial charge in [-0.2, -0.15) is 0 Å². The van der Waals surface area contributed by atoms with Crippen molar-refractivity contribution in [3.05, 3.63) is 29.8 Å². The molecule has 1 rings (SSSR count). The molecule has 0 saturated heterocycles. The lowest BCUT2D eigenvalue weighted by Gasteiger charge is -2.02. The Morgan fingerprint density at radius 2 is 1.93 bits per heavy atom. The molecule has 1 aromatic rings. The molecule has 14 heavy (non-hydrogen) atoms. The van der Waals surface area contributed by atoms with Crippen molar-refractivity contribution in [2.45, 2.75) is 31.1 Å². The van der Waals surface area contributed by atoms with Crippen molar-refractivity contribution >= 4 is 11.8 Å². The van der Waals surface area contributed by atoms with Crippen LogP contribution in [0.5, 0.6) is 0 Å². The minimum Gasteiger partial charge on any atom is -0.330 e. The van der Waals surface area contributed by atoms with Gasteiger partial charge < -0.3 is 5.73 Å². The molecule has 0 aliphatic carbocycles. The van der Waals surface area contributed by atoms with Gasteiger partial charge in [-0.15, -0.1) is 11.8 Å².